The van der Waals surface area contributed by atoms with Crippen LogP contribution in [0.25, 0.3) is 0 Å². The smallest absolute Gasteiger partial charge is 0.328 e. The lowest BCUT2D eigenvalue weighted by atomic mass is 10.2. The van der Waals surface area contributed by atoms with E-state index in [1.165, 1.54) is 6.92 Å². The highest BCUT2D eigenvalue weighted by Crippen LogP contribution is 2.24. The number of halogens is 1. The van der Waals surface area contributed by atoms with Gasteiger partial charge in [0.05, 0.1) is 11.0 Å². The summed E-state index contributed by atoms with van der Waals surface area (Å²) in [5.74, 6) is -3.05. The molecule has 0 aromatic heterocycles. The van der Waals surface area contributed by atoms with Gasteiger partial charge in [-0.2, -0.15) is 0 Å². The monoisotopic (exact) mass is 389 g/mol. The standard InChI is InChI=1S/C18H16FN3O6/c1-11(20-17(24)12-5-3-2-4-6-12)18(25)28-10-16(23)21-14-8-7-13(19)9-15(14)22(26)27/h2-9,11H,10H2,1H3,(H,20,24)(H,21,23)/t11-/m1/s1. The first-order valence-corrected chi connectivity index (χ1v) is 8.04. The van der Waals surface area contributed by atoms with Crippen molar-refractivity contribution >= 4 is 29.2 Å². The normalized spacial score (nSPS) is 11.2. The van der Waals surface area contributed by atoms with Crippen LogP contribution in [-0.4, -0.2) is 35.4 Å². The largest absolute Gasteiger partial charge is 0.454 e. The molecule has 2 amide bonds. The summed E-state index contributed by atoms with van der Waals surface area (Å²) < 4.78 is 17.9. The number of hydrogen-bond acceptors (Lipinski definition) is 6. The number of ether oxygens (including phenoxy) is 1. The number of anilines is 1. The van der Waals surface area contributed by atoms with Gasteiger partial charge in [0, 0.05) is 5.56 Å². The van der Waals surface area contributed by atoms with E-state index in [9.17, 15) is 28.9 Å². The molecule has 0 aliphatic rings. The predicted octanol–water partition coefficient (Wildman–Crippen LogP) is 2.03. The van der Waals surface area contributed by atoms with Crippen molar-refractivity contribution < 1.29 is 28.4 Å². The van der Waals surface area contributed by atoms with Crippen LogP contribution in [0.3, 0.4) is 0 Å². The van der Waals surface area contributed by atoms with E-state index in [0.717, 1.165) is 12.1 Å². The molecule has 9 nitrogen and oxygen atoms in total. The molecule has 10 heteroatoms. The number of nitrogens with one attached hydrogen (secondary N) is 2. The van der Waals surface area contributed by atoms with Crippen molar-refractivity contribution in [2.24, 2.45) is 0 Å². The maximum atomic E-state index is 13.1. The molecule has 0 fully saturated rings. The Labute approximate surface area is 158 Å². The van der Waals surface area contributed by atoms with Crippen LogP contribution in [0.2, 0.25) is 0 Å². The number of benzene rings is 2. The van der Waals surface area contributed by atoms with Gasteiger partial charge in [-0.15, -0.1) is 0 Å². The summed E-state index contributed by atoms with van der Waals surface area (Å²) in [4.78, 5) is 45.8. The van der Waals surface area contributed by atoms with Gasteiger partial charge in [-0.25, -0.2) is 9.18 Å². The lowest BCUT2D eigenvalue weighted by Crippen LogP contribution is -2.40. The van der Waals surface area contributed by atoms with Gasteiger partial charge in [0.15, 0.2) is 6.61 Å². The number of nitro benzene ring substituents is 1. The predicted molar refractivity (Wildman–Crippen MR) is 96.0 cm³/mol. The van der Waals surface area contributed by atoms with Crippen molar-refractivity contribution in [1.29, 1.82) is 0 Å². The molecule has 2 aromatic rings. The van der Waals surface area contributed by atoms with Crippen LogP contribution >= 0.6 is 0 Å². The highest BCUT2D eigenvalue weighted by atomic mass is 19.1. The summed E-state index contributed by atoms with van der Waals surface area (Å²) in [5, 5.41) is 15.5. The van der Waals surface area contributed by atoms with Gasteiger partial charge < -0.3 is 15.4 Å². The van der Waals surface area contributed by atoms with E-state index in [1.54, 1.807) is 30.3 Å². The van der Waals surface area contributed by atoms with E-state index in [4.69, 9.17) is 4.74 Å². The minimum absolute atomic E-state index is 0.238. The number of rotatable bonds is 7. The third kappa shape index (κ3) is 5.59. The summed E-state index contributed by atoms with van der Waals surface area (Å²) in [7, 11) is 0. The Balaban J connectivity index is 1.88. The molecule has 0 spiro atoms. The molecular weight excluding hydrogens is 373 g/mol. The first-order chi connectivity index (χ1) is 13.3. The Bertz CT molecular complexity index is 903. The lowest BCUT2D eigenvalue weighted by molar-refractivity contribution is -0.384. The zero-order chi connectivity index (χ0) is 20.7. The van der Waals surface area contributed by atoms with E-state index >= 15 is 0 Å². The van der Waals surface area contributed by atoms with Gasteiger partial charge in [-0.1, -0.05) is 18.2 Å². The highest BCUT2D eigenvalue weighted by Gasteiger charge is 2.21. The molecule has 0 bridgehead atoms. The number of hydrogen-bond donors (Lipinski definition) is 2. The van der Waals surface area contributed by atoms with Crippen LogP contribution in [-0.2, 0) is 14.3 Å². The van der Waals surface area contributed by atoms with Crippen molar-refractivity contribution in [2.75, 3.05) is 11.9 Å². The van der Waals surface area contributed by atoms with Crippen LogP contribution in [0, 0.1) is 15.9 Å². The summed E-state index contributed by atoms with van der Waals surface area (Å²) in [5.41, 5.74) is -0.524. The number of nitrogens with zero attached hydrogens (tertiary/aromatic N) is 1. The maximum Gasteiger partial charge on any atom is 0.328 e. The number of carbonyl (C=O) groups is 3. The van der Waals surface area contributed by atoms with Crippen molar-refractivity contribution in [3.63, 3.8) is 0 Å². The minimum atomic E-state index is -1.03. The number of carbonyl (C=O) groups excluding carboxylic acids is 3. The lowest BCUT2D eigenvalue weighted by Gasteiger charge is -2.13. The average molecular weight is 389 g/mol. The van der Waals surface area contributed by atoms with Crippen molar-refractivity contribution in [2.45, 2.75) is 13.0 Å². The summed E-state index contributed by atoms with van der Waals surface area (Å²) in [6, 6.07) is 9.79. The first-order valence-electron chi connectivity index (χ1n) is 8.04. The van der Waals surface area contributed by atoms with Crippen LogP contribution in [0.15, 0.2) is 48.5 Å². The van der Waals surface area contributed by atoms with E-state index in [-0.39, 0.29) is 5.69 Å². The fraction of sp³-hybridized carbons (Fsp3) is 0.167. The summed E-state index contributed by atoms with van der Waals surface area (Å²) in [6.45, 7) is 0.644. The molecule has 1 atom stereocenters. The zero-order valence-corrected chi connectivity index (χ0v) is 14.7. The second-order valence-corrected chi connectivity index (χ2v) is 5.64. The Morgan fingerprint density at radius 1 is 1.18 bits per heavy atom. The molecule has 2 N–H and O–H groups in total. The molecule has 0 aliphatic carbocycles. The molecule has 0 aliphatic heterocycles. The van der Waals surface area contributed by atoms with Gasteiger partial charge in [0.25, 0.3) is 17.5 Å². The quantitative estimate of drug-likeness (QED) is 0.424. The van der Waals surface area contributed by atoms with E-state index in [2.05, 4.69) is 10.6 Å². The Morgan fingerprint density at radius 2 is 1.86 bits per heavy atom. The fourth-order valence-electron chi connectivity index (χ4n) is 2.14. The second kappa shape index (κ2) is 9.21. The molecule has 0 saturated carbocycles. The third-order valence-electron chi connectivity index (χ3n) is 3.51. The van der Waals surface area contributed by atoms with Crippen molar-refractivity contribution in [3.8, 4) is 0 Å². The van der Waals surface area contributed by atoms with Gasteiger partial charge in [0.1, 0.15) is 17.5 Å². The van der Waals surface area contributed by atoms with Crippen molar-refractivity contribution in [1.82, 2.24) is 5.32 Å². The Morgan fingerprint density at radius 3 is 2.50 bits per heavy atom. The molecule has 2 rings (SSSR count). The van der Waals surface area contributed by atoms with Gasteiger partial charge >= 0.3 is 5.97 Å². The minimum Gasteiger partial charge on any atom is -0.454 e. The van der Waals surface area contributed by atoms with Crippen molar-refractivity contribution in [3.05, 3.63) is 70.0 Å². The molecule has 0 unspecified atom stereocenters. The SMILES string of the molecule is C[C@@H](NC(=O)c1ccccc1)C(=O)OCC(=O)Nc1ccc(F)cc1[N+](=O)[O-]. The van der Waals surface area contributed by atoms with Crippen LogP contribution in [0.4, 0.5) is 15.8 Å². The van der Waals surface area contributed by atoms with Crippen LogP contribution < -0.4 is 10.6 Å². The van der Waals surface area contributed by atoms with Gasteiger partial charge in [0.2, 0.25) is 0 Å². The average Bonchev–Trinajstić information content (AvgIpc) is 2.67. The number of amides is 2. The molecule has 0 heterocycles. The fourth-order valence-corrected chi connectivity index (χ4v) is 2.14. The first kappa shape index (κ1) is 20.5. The second-order valence-electron chi connectivity index (χ2n) is 5.64. The van der Waals surface area contributed by atoms with E-state index in [0.29, 0.717) is 11.6 Å². The number of esters is 1. The molecular formula is C18H16FN3O6. The van der Waals surface area contributed by atoms with E-state index < -0.39 is 46.9 Å². The third-order valence-corrected chi connectivity index (χ3v) is 3.51. The Kier molecular flexibility index (Phi) is 6.74. The topological polar surface area (TPSA) is 128 Å². The molecule has 0 radical (unpaired) electrons. The summed E-state index contributed by atoms with van der Waals surface area (Å²) >= 11 is 0. The van der Waals surface area contributed by atoms with E-state index in [1.807, 2.05) is 0 Å². The molecule has 0 saturated heterocycles. The van der Waals surface area contributed by atoms with Crippen LogP contribution in [0.1, 0.15) is 17.3 Å². The van der Waals surface area contributed by atoms with Crippen LogP contribution in [0.5, 0.6) is 0 Å². The van der Waals surface area contributed by atoms with Gasteiger partial charge in [-0.3, -0.25) is 19.7 Å². The summed E-state index contributed by atoms with van der Waals surface area (Å²) in [6.07, 6.45) is 0. The number of nitro groups is 1. The molecule has 2 aromatic carbocycles. The highest BCUT2D eigenvalue weighted by molar-refractivity contribution is 5.97. The van der Waals surface area contributed by atoms with Gasteiger partial charge in [-0.05, 0) is 31.2 Å². The maximum absolute atomic E-state index is 13.1. The molecule has 146 valence electrons. The molecule has 28 heavy (non-hydrogen) atoms. The zero-order valence-electron chi connectivity index (χ0n) is 14.7. The Hall–Kier alpha value is -3.82.